The molecule has 1 aromatic carbocycles. The van der Waals surface area contributed by atoms with Gasteiger partial charge < -0.3 is 14.2 Å². The lowest BCUT2D eigenvalue weighted by Gasteiger charge is -2.06. The summed E-state index contributed by atoms with van der Waals surface area (Å²) in [5.41, 5.74) is 0.491. The number of fused-ring (bicyclic) bond motifs is 2. The smallest absolute Gasteiger partial charge is 0.258 e. The van der Waals surface area contributed by atoms with E-state index in [1.165, 1.54) is 21.8 Å². The van der Waals surface area contributed by atoms with E-state index in [0.717, 1.165) is 0 Å². The van der Waals surface area contributed by atoms with Crippen molar-refractivity contribution in [3.05, 3.63) is 51.9 Å². The molecule has 0 amide bonds. The normalized spacial score (nSPS) is 12.8. The van der Waals surface area contributed by atoms with Gasteiger partial charge in [0.1, 0.15) is 12.4 Å². The molecule has 1 aliphatic heterocycles. The fourth-order valence-corrected chi connectivity index (χ4v) is 2.82. The van der Waals surface area contributed by atoms with Gasteiger partial charge in [0.2, 0.25) is 6.79 Å². The first-order valence-corrected chi connectivity index (χ1v) is 7.16. The maximum absolute atomic E-state index is 11.9. The summed E-state index contributed by atoms with van der Waals surface area (Å²) in [6, 6.07) is 6.83. The minimum Gasteiger partial charge on any atom is -0.487 e. The van der Waals surface area contributed by atoms with E-state index in [9.17, 15) is 4.79 Å². The number of aromatic nitrogens is 2. The van der Waals surface area contributed by atoms with Crippen molar-refractivity contribution in [3.63, 3.8) is 0 Å². The molecule has 1 aliphatic rings. The van der Waals surface area contributed by atoms with Gasteiger partial charge in [-0.2, -0.15) is 0 Å². The van der Waals surface area contributed by atoms with Gasteiger partial charge in [-0.05, 0) is 12.1 Å². The lowest BCUT2D eigenvalue weighted by atomic mass is 10.3. The van der Waals surface area contributed by atoms with Crippen molar-refractivity contribution >= 4 is 16.3 Å². The van der Waals surface area contributed by atoms with Crippen molar-refractivity contribution in [1.82, 2.24) is 9.38 Å². The number of ether oxygens (including phenoxy) is 3. The Labute approximate surface area is 123 Å². The SMILES string of the molecule is O=c1cc(COc2ccc3c(c2)OCO3)nc2sccn12. The predicted molar refractivity (Wildman–Crippen MR) is 76.2 cm³/mol. The van der Waals surface area contributed by atoms with Gasteiger partial charge in [0, 0.05) is 23.7 Å². The van der Waals surface area contributed by atoms with E-state index in [-0.39, 0.29) is 19.0 Å². The second-order valence-corrected chi connectivity index (χ2v) is 5.32. The number of thiazole rings is 1. The van der Waals surface area contributed by atoms with E-state index in [4.69, 9.17) is 14.2 Å². The standard InChI is InChI=1S/C14H10N2O4S/c17-13-5-9(15-14-16(13)3-4-21-14)7-18-10-1-2-11-12(6-10)20-8-19-11/h1-6H,7-8H2. The van der Waals surface area contributed by atoms with Crippen LogP contribution in [0.25, 0.3) is 4.96 Å². The van der Waals surface area contributed by atoms with Crippen molar-refractivity contribution in [3.8, 4) is 17.2 Å². The van der Waals surface area contributed by atoms with Crippen LogP contribution < -0.4 is 19.8 Å². The minimum absolute atomic E-state index is 0.106. The van der Waals surface area contributed by atoms with Crippen LogP contribution in [0.15, 0.2) is 40.6 Å². The first kappa shape index (κ1) is 12.2. The highest BCUT2D eigenvalue weighted by atomic mass is 32.1. The molecule has 3 heterocycles. The third-order valence-corrected chi connectivity index (χ3v) is 3.84. The molecule has 0 bridgehead atoms. The van der Waals surface area contributed by atoms with Gasteiger partial charge in [0.25, 0.3) is 5.56 Å². The van der Waals surface area contributed by atoms with Crippen LogP contribution in [0.4, 0.5) is 0 Å². The second-order valence-electron chi connectivity index (χ2n) is 4.45. The molecule has 0 saturated heterocycles. The monoisotopic (exact) mass is 302 g/mol. The topological polar surface area (TPSA) is 62.1 Å². The van der Waals surface area contributed by atoms with Gasteiger partial charge in [-0.1, -0.05) is 0 Å². The summed E-state index contributed by atoms with van der Waals surface area (Å²) in [6.45, 7) is 0.454. The molecule has 6 nitrogen and oxygen atoms in total. The summed E-state index contributed by atoms with van der Waals surface area (Å²) >= 11 is 1.41. The summed E-state index contributed by atoms with van der Waals surface area (Å²) in [4.78, 5) is 16.9. The third kappa shape index (κ3) is 2.21. The quantitative estimate of drug-likeness (QED) is 0.741. The first-order valence-electron chi connectivity index (χ1n) is 6.28. The van der Waals surface area contributed by atoms with Crippen LogP contribution in [0.2, 0.25) is 0 Å². The molecule has 0 saturated carbocycles. The van der Waals surface area contributed by atoms with Crippen LogP contribution in [-0.2, 0) is 6.61 Å². The molecule has 106 valence electrons. The van der Waals surface area contributed by atoms with Crippen LogP contribution in [0, 0.1) is 0 Å². The zero-order valence-electron chi connectivity index (χ0n) is 10.8. The molecule has 0 aliphatic carbocycles. The molecular weight excluding hydrogens is 292 g/mol. The molecule has 2 aromatic heterocycles. The first-order chi connectivity index (χ1) is 10.3. The molecule has 7 heteroatoms. The average molecular weight is 302 g/mol. The van der Waals surface area contributed by atoms with Crippen molar-refractivity contribution in [1.29, 1.82) is 0 Å². The zero-order chi connectivity index (χ0) is 14.2. The van der Waals surface area contributed by atoms with Gasteiger partial charge in [0.05, 0.1) is 5.69 Å². The van der Waals surface area contributed by atoms with Crippen LogP contribution >= 0.6 is 11.3 Å². The number of nitrogens with zero attached hydrogens (tertiary/aromatic N) is 2. The van der Waals surface area contributed by atoms with Gasteiger partial charge in [-0.3, -0.25) is 9.20 Å². The summed E-state index contributed by atoms with van der Waals surface area (Å²) in [6.07, 6.45) is 1.71. The largest absolute Gasteiger partial charge is 0.487 e. The molecule has 0 unspecified atom stereocenters. The molecule has 0 radical (unpaired) electrons. The van der Waals surface area contributed by atoms with Crippen molar-refractivity contribution < 1.29 is 14.2 Å². The summed E-state index contributed by atoms with van der Waals surface area (Å²) in [5.74, 6) is 2.01. The fraction of sp³-hybridized carbons (Fsp3) is 0.143. The van der Waals surface area contributed by atoms with Crippen molar-refractivity contribution in [2.75, 3.05) is 6.79 Å². The Bertz CT molecular complexity index is 871. The highest BCUT2D eigenvalue weighted by Crippen LogP contribution is 2.35. The third-order valence-electron chi connectivity index (χ3n) is 3.09. The molecule has 0 spiro atoms. The molecule has 0 atom stereocenters. The molecule has 3 aromatic rings. The Kier molecular flexibility index (Phi) is 2.78. The van der Waals surface area contributed by atoms with E-state index in [1.807, 2.05) is 5.38 Å². The number of hydrogen-bond donors (Lipinski definition) is 0. The molecule has 21 heavy (non-hydrogen) atoms. The van der Waals surface area contributed by atoms with Gasteiger partial charge in [-0.15, -0.1) is 11.3 Å². The maximum Gasteiger partial charge on any atom is 0.258 e. The van der Waals surface area contributed by atoms with Gasteiger partial charge in [0.15, 0.2) is 16.5 Å². The Hall–Kier alpha value is -2.54. The molecular formula is C14H10N2O4S. The lowest BCUT2D eigenvalue weighted by Crippen LogP contribution is -2.14. The Balaban J connectivity index is 1.56. The Morgan fingerprint density at radius 3 is 3.14 bits per heavy atom. The number of rotatable bonds is 3. The fourth-order valence-electron chi connectivity index (χ4n) is 2.09. The van der Waals surface area contributed by atoms with Gasteiger partial charge in [-0.25, -0.2) is 4.98 Å². The van der Waals surface area contributed by atoms with Crippen LogP contribution in [0.3, 0.4) is 0 Å². The zero-order valence-corrected chi connectivity index (χ0v) is 11.6. The highest BCUT2D eigenvalue weighted by Gasteiger charge is 2.14. The van der Waals surface area contributed by atoms with E-state index in [2.05, 4.69) is 4.98 Å². The van der Waals surface area contributed by atoms with Crippen LogP contribution in [-0.4, -0.2) is 16.2 Å². The maximum atomic E-state index is 11.9. The van der Waals surface area contributed by atoms with Crippen molar-refractivity contribution in [2.45, 2.75) is 6.61 Å². The Morgan fingerprint density at radius 2 is 2.19 bits per heavy atom. The Morgan fingerprint density at radius 1 is 1.29 bits per heavy atom. The second kappa shape index (κ2) is 4.78. The van der Waals surface area contributed by atoms with E-state index in [1.54, 1.807) is 24.4 Å². The minimum atomic E-state index is -0.106. The van der Waals surface area contributed by atoms with E-state index < -0.39 is 0 Å². The van der Waals surface area contributed by atoms with Crippen molar-refractivity contribution in [2.24, 2.45) is 0 Å². The van der Waals surface area contributed by atoms with Gasteiger partial charge >= 0.3 is 0 Å². The number of hydrogen-bond acceptors (Lipinski definition) is 6. The molecule has 4 rings (SSSR count). The average Bonchev–Trinajstić information content (AvgIpc) is 3.13. The lowest BCUT2D eigenvalue weighted by molar-refractivity contribution is 0.173. The summed E-state index contributed by atoms with van der Waals surface area (Å²) in [7, 11) is 0. The highest BCUT2D eigenvalue weighted by molar-refractivity contribution is 7.15. The number of benzene rings is 1. The van der Waals surface area contributed by atoms with E-state index >= 15 is 0 Å². The van der Waals surface area contributed by atoms with Crippen LogP contribution in [0.1, 0.15) is 5.69 Å². The summed E-state index contributed by atoms with van der Waals surface area (Å²) < 4.78 is 17.7. The molecule has 0 N–H and O–H groups in total. The molecule has 0 fully saturated rings. The van der Waals surface area contributed by atoms with E-state index in [0.29, 0.717) is 27.9 Å². The predicted octanol–water partition coefficient (Wildman–Crippen LogP) is 2.06. The van der Waals surface area contributed by atoms with Crippen LogP contribution in [0.5, 0.6) is 17.2 Å². The summed E-state index contributed by atoms with van der Waals surface area (Å²) in [5, 5.41) is 1.83.